The fourth-order valence-electron chi connectivity index (χ4n) is 1.47. The van der Waals surface area contributed by atoms with E-state index in [0.29, 0.717) is 12.4 Å². The highest BCUT2D eigenvalue weighted by Gasteiger charge is 2.08. The number of nitrogen functional groups attached to an aromatic ring is 1. The van der Waals surface area contributed by atoms with Crippen molar-refractivity contribution in [2.75, 3.05) is 5.43 Å². The fraction of sp³-hybridized carbons (Fsp3) is 0.167. The van der Waals surface area contributed by atoms with Crippen molar-refractivity contribution in [2.24, 2.45) is 5.84 Å². The summed E-state index contributed by atoms with van der Waals surface area (Å²) in [5.41, 5.74) is 4.62. The summed E-state index contributed by atoms with van der Waals surface area (Å²) in [6.07, 6.45) is 6.19. The quantitative estimate of drug-likeness (QED) is 0.541. The Kier molecular flexibility index (Phi) is 3.99. The van der Waals surface area contributed by atoms with Crippen LogP contribution in [0.15, 0.2) is 30.9 Å². The largest absolute Gasteiger partial charge is 0.347 e. The van der Waals surface area contributed by atoms with Crippen molar-refractivity contribution in [3.05, 3.63) is 47.7 Å². The minimum atomic E-state index is -0.292. The predicted octanol–water partition coefficient (Wildman–Crippen LogP) is 0.396. The number of hydrogen-bond acceptors (Lipinski definition) is 6. The molecule has 0 atom stereocenters. The smallest absolute Gasteiger partial charge is 0.271 e. The first-order valence-electron chi connectivity index (χ1n) is 5.67. The van der Waals surface area contributed by atoms with Gasteiger partial charge in [0.2, 0.25) is 0 Å². The average Bonchev–Trinajstić information content (AvgIpc) is 2.46. The number of anilines is 1. The van der Waals surface area contributed by atoms with E-state index in [9.17, 15) is 4.79 Å². The maximum absolute atomic E-state index is 11.8. The second-order valence-corrected chi connectivity index (χ2v) is 3.92. The minimum Gasteiger partial charge on any atom is -0.347 e. The average molecular weight is 258 g/mol. The Morgan fingerprint density at radius 1 is 1.32 bits per heavy atom. The van der Waals surface area contributed by atoms with E-state index >= 15 is 0 Å². The van der Waals surface area contributed by atoms with E-state index < -0.39 is 0 Å². The van der Waals surface area contributed by atoms with E-state index in [2.05, 4.69) is 25.7 Å². The lowest BCUT2D eigenvalue weighted by atomic mass is 10.1. The fourth-order valence-corrected chi connectivity index (χ4v) is 1.47. The van der Waals surface area contributed by atoms with Gasteiger partial charge >= 0.3 is 0 Å². The van der Waals surface area contributed by atoms with Crippen LogP contribution in [0.3, 0.4) is 0 Å². The molecular formula is C12H14N6O. The Bertz CT molecular complexity index is 569. The second kappa shape index (κ2) is 5.87. The molecule has 2 aromatic rings. The van der Waals surface area contributed by atoms with Gasteiger partial charge in [0.15, 0.2) is 5.82 Å². The Hall–Kier alpha value is -2.54. The van der Waals surface area contributed by atoms with Gasteiger partial charge in [0, 0.05) is 18.9 Å². The summed E-state index contributed by atoms with van der Waals surface area (Å²) < 4.78 is 0. The third-order valence-electron chi connectivity index (χ3n) is 2.62. The summed E-state index contributed by atoms with van der Waals surface area (Å²) in [6, 6.07) is 1.89. The highest BCUT2D eigenvalue weighted by molar-refractivity contribution is 5.91. The van der Waals surface area contributed by atoms with Gasteiger partial charge in [-0.1, -0.05) is 0 Å². The first-order valence-corrected chi connectivity index (χ1v) is 5.67. The molecule has 4 N–H and O–H groups in total. The van der Waals surface area contributed by atoms with Crippen molar-refractivity contribution in [3.63, 3.8) is 0 Å². The van der Waals surface area contributed by atoms with Gasteiger partial charge in [-0.15, -0.1) is 0 Å². The molecule has 0 fully saturated rings. The summed E-state index contributed by atoms with van der Waals surface area (Å²) in [5.74, 6) is 5.28. The zero-order valence-corrected chi connectivity index (χ0v) is 10.4. The third kappa shape index (κ3) is 3.23. The number of hydrogen-bond donors (Lipinski definition) is 3. The molecule has 0 aromatic carbocycles. The maximum Gasteiger partial charge on any atom is 0.271 e. The molecule has 0 unspecified atom stereocenters. The summed E-state index contributed by atoms with van der Waals surface area (Å²) in [4.78, 5) is 23.7. The van der Waals surface area contributed by atoms with Crippen molar-refractivity contribution < 1.29 is 4.79 Å². The Balaban J connectivity index is 1.99. The number of aromatic nitrogens is 3. The number of rotatable bonds is 4. The monoisotopic (exact) mass is 258 g/mol. The van der Waals surface area contributed by atoms with Crippen LogP contribution in [0.2, 0.25) is 0 Å². The number of nitrogens with one attached hydrogen (secondary N) is 2. The standard InChI is InChI=1S/C12H14N6O/c1-8-2-3-14-4-9(8)5-17-12(19)10-6-16-11(18-13)7-15-10/h2-4,6-7H,5,13H2,1H3,(H,16,18)(H,17,19). The zero-order chi connectivity index (χ0) is 13.7. The van der Waals surface area contributed by atoms with Gasteiger partial charge in [-0.3, -0.25) is 9.78 Å². The summed E-state index contributed by atoms with van der Waals surface area (Å²) >= 11 is 0. The molecule has 2 rings (SSSR count). The predicted molar refractivity (Wildman–Crippen MR) is 70.0 cm³/mol. The molecule has 0 saturated carbocycles. The second-order valence-electron chi connectivity index (χ2n) is 3.92. The highest BCUT2D eigenvalue weighted by Crippen LogP contribution is 2.05. The summed E-state index contributed by atoms with van der Waals surface area (Å²) in [6.45, 7) is 2.36. The molecule has 98 valence electrons. The summed E-state index contributed by atoms with van der Waals surface area (Å²) in [5, 5.41) is 2.76. The van der Waals surface area contributed by atoms with Crippen LogP contribution in [0.25, 0.3) is 0 Å². The highest BCUT2D eigenvalue weighted by atomic mass is 16.1. The van der Waals surface area contributed by atoms with Crippen molar-refractivity contribution in [2.45, 2.75) is 13.5 Å². The number of pyridine rings is 1. The van der Waals surface area contributed by atoms with Crippen LogP contribution in [0.5, 0.6) is 0 Å². The van der Waals surface area contributed by atoms with Crippen molar-refractivity contribution in [3.8, 4) is 0 Å². The van der Waals surface area contributed by atoms with Gasteiger partial charge in [-0.05, 0) is 24.1 Å². The van der Waals surface area contributed by atoms with Gasteiger partial charge < -0.3 is 10.7 Å². The molecule has 2 heterocycles. The van der Waals surface area contributed by atoms with E-state index in [0.717, 1.165) is 11.1 Å². The number of aryl methyl sites for hydroxylation is 1. The van der Waals surface area contributed by atoms with Crippen LogP contribution >= 0.6 is 0 Å². The molecule has 0 spiro atoms. The lowest BCUT2D eigenvalue weighted by Crippen LogP contribution is -2.24. The van der Waals surface area contributed by atoms with Crippen molar-refractivity contribution in [1.29, 1.82) is 0 Å². The molecule has 7 heteroatoms. The van der Waals surface area contributed by atoms with E-state index in [1.165, 1.54) is 12.4 Å². The Morgan fingerprint density at radius 2 is 2.16 bits per heavy atom. The number of nitrogens with two attached hydrogens (primary N) is 1. The molecule has 1 amide bonds. The van der Waals surface area contributed by atoms with Crippen LogP contribution < -0.4 is 16.6 Å². The SMILES string of the molecule is Cc1ccncc1CNC(=O)c1cnc(NN)cn1. The van der Waals surface area contributed by atoms with E-state index in [1.54, 1.807) is 12.4 Å². The normalized spacial score (nSPS) is 10.0. The Labute approximate surface area is 110 Å². The number of nitrogens with zero attached hydrogens (tertiary/aromatic N) is 3. The van der Waals surface area contributed by atoms with Crippen molar-refractivity contribution >= 4 is 11.7 Å². The first kappa shape index (κ1) is 12.9. The first-order chi connectivity index (χ1) is 9.20. The van der Waals surface area contributed by atoms with Crippen LogP contribution in [-0.4, -0.2) is 20.9 Å². The van der Waals surface area contributed by atoms with Gasteiger partial charge in [-0.25, -0.2) is 15.8 Å². The number of carbonyl (C=O) groups is 1. The van der Waals surface area contributed by atoms with Gasteiger partial charge in [-0.2, -0.15) is 0 Å². The van der Waals surface area contributed by atoms with E-state index in [1.807, 2.05) is 13.0 Å². The molecule has 19 heavy (non-hydrogen) atoms. The molecule has 2 aromatic heterocycles. The minimum absolute atomic E-state index is 0.237. The molecule has 0 aliphatic rings. The van der Waals surface area contributed by atoms with Gasteiger partial charge in [0.25, 0.3) is 5.91 Å². The topological polar surface area (TPSA) is 106 Å². The van der Waals surface area contributed by atoms with Crippen molar-refractivity contribution in [1.82, 2.24) is 20.3 Å². The number of amides is 1. The molecule has 0 aliphatic carbocycles. The van der Waals surface area contributed by atoms with Crippen LogP contribution in [0.4, 0.5) is 5.82 Å². The maximum atomic E-state index is 11.8. The van der Waals surface area contributed by atoms with Gasteiger partial charge in [0.05, 0.1) is 12.4 Å². The van der Waals surface area contributed by atoms with Crippen LogP contribution in [0, 0.1) is 6.92 Å². The molecule has 0 radical (unpaired) electrons. The number of hydrazine groups is 1. The van der Waals surface area contributed by atoms with Crippen LogP contribution in [0.1, 0.15) is 21.6 Å². The number of carbonyl (C=O) groups excluding carboxylic acids is 1. The van der Waals surface area contributed by atoms with Crippen LogP contribution in [-0.2, 0) is 6.54 Å². The molecule has 0 bridgehead atoms. The molecular weight excluding hydrogens is 244 g/mol. The molecule has 0 aliphatic heterocycles. The van der Waals surface area contributed by atoms with E-state index in [4.69, 9.17) is 5.84 Å². The zero-order valence-electron chi connectivity index (χ0n) is 10.4. The lowest BCUT2D eigenvalue weighted by molar-refractivity contribution is 0.0945. The van der Waals surface area contributed by atoms with Gasteiger partial charge in [0.1, 0.15) is 5.69 Å². The Morgan fingerprint density at radius 3 is 2.79 bits per heavy atom. The lowest BCUT2D eigenvalue weighted by Gasteiger charge is -2.07. The summed E-state index contributed by atoms with van der Waals surface area (Å²) in [7, 11) is 0. The van der Waals surface area contributed by atoms with E-state index in [-0.39, 0.29) is 11.6 Å². The molecule has 0 saturated heterocycles. The third-order valence-corrected chi connectivity index (χ3v) is 2.62. The molecule has 7 nitrogen and oxygen atoms in total.